The van der Waals surface area contributed by atoms with Gasteiger partial charge >= 0.3 is 5.97 Å². The normalized spacial score (nSPS) is 15.4. The van der Waals surface area contributed by atoms with Crippen molar-refractivity contribution < 1.29 is 15.0 Å². The van der Waals surface area contributed by atoms with E-state index in [4.69, 9.17) is 5.11 Å². The summed E-state index contributed by atoms with van der Waals surface area (Å²) in [6, 6.07) is 0. The first-order valence-corrected chi connectivity index (χ1v) is 5.59. The molecule has 0 aliphatic heterocycles. The quantitative estimate of drug-likeness (QED) is 0.482. The van der Waals surface area contributed by atoms with Crippen LogP contribution in [0.3, 0.4) is 0 Å². The van der Waals surface area contributed by atoms with Gasteiger partial charge in [-0.2, -0.15) is 0 Å². The summed E-state index contributed by atoms with van der Waals surface area (Å²) in [5.74, 6) is -0.429. The van der Waals surface area contributed by atoms with Crippen LogP contribution in [0.25, 0.3) is 0 Å². The molecule has 0 heterocycles. The minimum Gasteiger partial charge on any atom is -0.481 e. The van der Waals surface area contributed by atoms with E-state index in [2.05, 4.69) is 12.2 Å². The molecule has 3 nitrogen and oxygen atoms in total. The van der Waals surface area contributed by atoms with Gasteiger partial charge in [-0.25, -0.2) is 0 Å². The second-order valence-corrected chi connectivity index (χ2v) is 4.06. The molecule has 3 heteroatoms. The van der Waals surface area contributed by atoms with Crippen LogP contribution < -0.4 is 0 Å². The Morgan fingerprint density at radius 2 is 1.93 bits per heavy atom. The van der Waals surface area contributed by atoms with Gasteiger partial charge in [-0.05, 0) is 38.5 Å². The van der Waals surface area contributed by atoms with Crippen LogP contribution >= 0.6 is 0 Å². The summed E-state index contributed by atoms with van der Waals surface area (Å²) in [5.41, 5.74) is 0. The number of carboxylic acid groups (broad SMARTS) is 1. The molecule has 0 saturated carbocycles. The van der Waals surface area contributed by atoms with E-state index < -0.39 is 5.97 Å². The smallest absolute Gasteiger partial charge is 0.303 e. The summed E-state index contributed by atoms with van der Waals surface area (Å²) in [4.78, 5) is 10.2. The fourth-order valence-corrected chi connectivity index (χ4v) is 1.16. The Kier molecular flexibility index (Phi) is 8.01. The molecule has 0 aliphatic rings. The van der Waals surface area contributed by atoms with Crippen molar-refractivity contribution in [3.63, 3.8) is 0 Å². The molecule has 0 amide bonds. The Hall–Kier alpha value is -0.830. The van der Waals surface area contributed by atoms with Crippen LogP contribution in [0.4, 0.5) is 0 Å². The Labute approximate surface area is 91.8 Å². The third-order valence-corrected chi connectivity index (χ3v) is 2.51. The third kappa shape index (κ3) is 9.47. The van der Waals surface area contributed by atoms with Gasteiger partial charge in [-0.3, -0.25) is 4.79 Å². The minimum atomic E-state index is -0.721. The number of carboxylic acids is 1. The van der Waals surface area contributed by atoms with Crippen LogP contribution in [0.5, 0.6) is 0 Å². The molecule has 0 aromatic rings. The van der Waals surface area contributed by atoms with Gasteiger partial charge in [0.1, 0.15) is 0 Å². The molecule has 2 N–H and O–H groups in total. The van der Waals surface area contributed by atoms with Gasteiger partial charge in [-0.15, -0.1) is 0 Å². The molecule has 0 bridgehead atoms. The maximum atomic E-state index is 10.2. The summed E-state index contributed by atoms with van der Waals surface area (Å²) >= 11 is 0. The maximum Gasteiger partial charge on any atom is 0.303 e. The van der Waals surface area contributed by atoms with E-state index in [9.17, 15) is 9.90 Å². The lowest BCUT2D eigenvalue weighted by molar-refractivity contribution is -0.137. The Morgan fingerprint density at radius 1 is 1.27 bits per heavy atom. The third-order valence-electron chi connectivity index (χ3n) is 2.51. The molecule has 2 atom stereocenters. The van der Waals surface area contributed by atoms with Crippen molar-refractivity contribution >= 4 is 5.97 Å². The number of rotatable bonds is 8. The van der Waals surface area contributed by atoms with Crippen molar-refractivity contribution in [2.75, 3.05) is 0 Å². The molecule has 0 aromatic heterocycles. The van der Waals surface area contributed by atoms with E-state index in [-0.39, 0.29) is 12.5 Å². The summed E-state index contributed by atoms with van der Waals surface area (Å²) < 4.78 is 0. The summed E-state index contributed by atoms with van der Waals surface area (Å²) in [7, 11) is 0. The number of aliphatic carboxylic acids is 1. The zero-order valence-corrected chi connectivity index (χ0v) is 9.65. The highest BCUT2D eigenvalue weighted by Gasteiger charge is 2.05. The SMILES string of the molecule is CC(O)C(C)CC=CCCCCC(=O)O. The topological polar surface area (TPSA) is 57.5 Å². The predicted molar refractivity (Wildman–Crippen MR) is 60.7 cm³/mol. The van der Waals surface area contributed by atoms with E-state index in [1.54, 1.807) is 6.92 Å². The van der Waals surface area contributed by atoms with Gasteiger partial charge in [0.25, 0.3) is 0 Å². The van der Waals surface area contributed by atoms with E-state index >= 15 is 0 Å². The van der Waals surface area contributed by atoms with E-state index in [1.807, 2.05) is 6.92 Å². The molecule has 0 aromatic carbocycles. The molecule has 88 valence electrons. The summed E-state index contributed by atoms with van der Waals surface area (Å²) in [5, 5.41) is 17.6. The highest BCUT2D eigenvalue weighted by molar-refractivity contribution is 5.66. The minimum absolute atomic E-state index is 0.262. The van der Waals surface area contributed by atoms with E-state index in [0.29, 0.717) is 5.92 Å². The highest BCUT2D eigenvalue weighted by Crippen LogP contribution is 2.09. The number of aliphatic hydroxyl groups excluding tert-OH is 1. The first kappa shape index (κ1) is 14.2. The molecule has 0 spiro atoms. The Morgan fingerprint density at radius 3 is 2.47 bits per heavy atom. The molecule has 15 heavy (non-hydrogen) atoms. The molecule has 0 aliphatic carbocycles. The lowest BCUT2D eigenvalue weighted by Crippen LogP contribution is -2.11. The second-order valence-electron chi connectivity index (χ2n) is 4.06. The molecule has 0 saturated heterocycles. The van der Waals surface area contributed by atoms with Crippen molar-refractivity contribution in [3.05, 3.63) is 12.2 Å². The number of hydrogen-bond donors (Lipinski definition) is 2. The monoisotopic (exact) mass is 214 g/mol. The standard InChI is InChI=1S/C12H22O3/c1-10(11(2)13)8-6-4-3-5-7-9-12(14)15/h4,6,10-11,13H,3,5,7-9H2,1-2H3,(H,14,15). The van der Waals surface area contributed by atoms with Crippen LogP contribution in [-0.4, -0.2) is 22.3 Å². The largest absolute Gasteiger partial charge is 0.481 e. The van der Waals surface area contributed by atoms with Crippen molar-refractivity contribution in [3.8, 4) is 0 Å². The van der Waals surface area contributed by atoms with Crippen molar-refractivity contribution in [1.29, 1.82) is 0 Å². The van der Waals surface area contributed by atoms with Gasteiger partial charge in [-0.1, -0.05) is 19.1 Å². The Bertz CT molecular complexity index is 197. The first-order valence-electron chi connectivity index (χ1n) is 5.59. The molecule has 0 radical (unpaired) electrons. The van der Waals surface area contributed by atoms with Crippen molar-refractivity contribution in [2.45, 2.75) is 52.1 Å². The number of carbonyl (C=O) groups is 1. The zero-order valence-electron chi connectivity index (χ0n) is 9.65. The average Bonchev–Trinajstić information content (AvgIpc) is 2.15. The molecular weight excluding hydrogens is 192 g/mol. The highest BCUT2D eigenvalue weighted by atomic mass is 16.4. The Balaban J connectivity index is 3.35. The van der Waals surface area contributed by atoms with Gasteiger partial charge < -0.3 is 10.2 Å². The first-order chi connectivity index (χ1) is 7.04. The van der Waals surface area contributed by atoms with Crippen LogP contribution in [0.15, 0.2) is 12.2 Å². The molecule has 0 fully saturated rings. The van der Waals surface area contributed by atoms with Crippen LogP contribution in [0.2, 0.25) is 0 Å². The maximum absolute atomic E-state index is 10.2. The van der Waals surface area contributed by atoms with Gasteiger partial charge in [0, 0.05) is 6.42 Å². The van der Waals surface area contributed by atoms with Crippen molar-refractivity contribution in [2.24, 2.45) is 5.92 Å². The number of aliphatic hydroxyl groups is 1. The van der Waals surface area contributed by atoms with Gasteiger partial charge in [0.2, 0.25) is 0 Å². The molecule has 2 unspecified atom stereocenters. The van der Waals surface area contributed by atoms with E-state index in [1.165, 1.54) is 0 Å². The summed E-state index contributed by atoms with van der Waals surface area (Å²) in [6.07, 6.45) is 7.62. The lowest BCUT2D eigenvalue weighted by Gasteiger charge is -2.10. The number of allylic oxidation sites excluding steroid dienone is 2. The predicted octanol–water partition coefficient (Wildman–Crippen LogP) is 2.59. The fourth-order valence-electron chi connectivity index (χ4n) is 1.16. The van der Waals surface area contributed by atoms with E-state index in [0.717, 1.165) is 25.7 Å². The number of hydrogen-bond acceptors (Lipinski definition) is 2. The average molecular weight is 214 g/mol. The fraction of sp³-hybridized carbons (Fsp3) is 0.750. The summed E-state index contributed by atoms with van der Waals surface area (Å²) in [6.45, 7) is 3.81. The lowest BCUT2D eigenvalue weighted by atomic mass is 10.0. The number of unbranched alkanes of at least 4 members (excludes halogenated alkanes) is 2. The van der Waals surface area contributed by atoms with Crippen molar-refractivity contribution in [1.82, 2.24) is 0 Å². The van der Waals surface area contributed by atoms with Crippen LogP contribution in [0.1, 0.15) is 46.0 Å². The molecular formula is C12H22O3. The van der Waals surface area contributed by atoms with Crippen LogP contribution in [-0.2, 0) is 4.79 Å². The van der Waals surface area contributed by atoms with Crippen LogP contribution in [0, 0.1) is 5.92 Å². The molecule has 0 rings (SSSR count). The zero-order chi connectivity index (χ0) is 11.7. The second kappa shape index (κ2) is 8.48. The van der Waals surface area contributed by atoms with Gasteiger partial charge in [0.15, 0.2) is 0 Å². The van der Waals surface area contributed by atoms with Gasteiger partial charge in [0.05, 0.1) is 6.10 Å².